The van der Waals surface area contributed by atoms with E-state index in [0.717, 1.165) is 10.1 Å². The third kappa shape index (κ3) is 3.53. The lowest BCUT2D eigenvalue weighted by Crippen LogP contribution is -2.37. The molecule has 3 N–H and O–H groups in total. The van der Waals surface area contributed by atoms with Gasteiger partial charge in [-0.1, -0.05) is 30.3 Å². The number of hydrogen-bond acceptors (Lipinski definition) is 6. The van der Waals surface area contributed by atoms with E-state index in [4.69, 9.17) is 5.73 Å². The van der Waals surface area contributed by atoms with Crippen molar-refractivity contribution >= 4 is 45.5 Å². The number of fused-ring (bicyclic) bond motifs is 1. The van der Waals surface area contributed by atoms with E-state index in [1.54, 1.807) is 17.7 Å². The number of nitrogens with two attached hydrogens (primary N) is 1. The van der Waals surface area contributed by atoms with Crippen molar-refractivity contribution < 1.29 is 9.90 Å². The Kier molecular flexibility index (Phi) is 5.03. The number of carboxylic acid groups (broad SMARTS) is 1. The summed E-state index contributed by atoms with van der Waals surface area (Å²) < 4.78 is 2.84. The fourth-order valence-corrected chi connectivity index (χ4v) is 4.16. The average Bonchev–Trinajstić information content (AvgIpc) is 3.16. The van der Waals surface area contributed by atoms with Crippen molar-refractivity contribution in [3.63, 3.8) is 0 Å². The van der Waals surface area contributed by atoms with Crippen LogP contribution in [0.15, 0.2) is 63.8 Å². The van der Waals surface area contributed by atoms with E-state index in [9.17, 15) is 19.5 Å². The van der Waals surface area contributed by atoms with Crippen LogP contribution in [0.4, 0.5) is 5.82 Å². The monoisotopic (exact) mass is 420 g/mol. The van der Waals surface area contributed by atoms with Gasteiger partial charge < -0.3 is 10.8 Å². The van der Waals surface area contributed by atoms with Gasteiger partial charge in [0.15, 0.2) is 0 Å². The first kappa shape index (κ1) is 19.3. The first-order chi connectivity index (χ1) is 14.5. The van der Waals surface area contributed by atoms with Crippen molar-refractivity contribution in [2.75, 3.05) is 5.73 Å². The van der Waals surface area contributed by atoms with Gasteiger partial charge in [0, 0.05) is 30.0 Å². The minimum Gasteiger partial charge on any atom is -0.478 e. The smallest absolute Gasteiger partial charge is 0.338 e. The van der Waals surface area contributed by atoms with Crippen LogP contribution in [0.1, 0.15) is 21.5 Å². The van der Waals surface area contributed by atoms with E-state index >= 15 is 0 Å². The molecule has 0 amide bonds. The van der Waals surface area contributed by atoms with Crippen molar-refractivity contribution in [2.45, 2.75) is 6.54 Å². The Bertz CT molecular complexity index is 1400. The van der Waals surface area contributed by atoms with Crippen LogP contribution in [0.5, 0.6) is 0 Å². The highest BCUT2D eigenvalue weighted by Gasteiger charge is 2.17. The lowest BCUT2D eigenvalue weighted by atomic mass is 10.1. The standard InChI is InChI=1S/C21H16N4O4S/c22-19-17-14(12-30-18(17)15(10-23-19)20(27)28)11-25-16(26)7-9-24(21(25)29)8-6-13-4-2-1-3-5-13/h1-10,12H,11H2,(H2,22,23)(H,27,28). The Morgan fingerprint density at radius 2 is 1.97 bits per heavy atom. The molecule has 0 spiro atoms. The highest BCUT2D eigenvalue weighted by atomic mass is 32.1. The average molecular weight is 420 g/mol. The van der Waals surface area contributed by atoms with E-state index in [2.05, 4.69) is 4.98 Å². The first-order valence-corrected chi connectivity index (χ1v) is 9.76. The second-order valence-corrected chi connectivity index (χ2v) is 7.36. The molecule has 3 heterocycles. The maximum atomic E-state index is 12.9. The molecule has 150 valence electrons. The second-order valence-electron chi connectivity index (χ2n) is 6.48. The van der Waals surface area contributed by atoms with Crippen molar-refractivity contribution in [2.24, 2.45) is 0 Å². The minimum atomic E-state index is -1.12. The van der Waals surface area contributed by atoms with Gasteiger partial charge in [-0.15, -0.1) is 11.3 Å². The van der Waals surface area contributed by atoms with Gasteiger partial charge in [0.1, 0.15) is 5.82 Å². The SMILES string of the molecule is Nc1ncc(C(=O)O)c2scc(Cn3c(=O)ccn(C=Cc4ccccc4)c3=O)c12. The number of nitrogen functional groups attached to an aromatic ring is 1. The number of anilines is 1. The summed E-state index contributed by atoms with van der Waals surface area (Å²) in [6.45, 7) is -0.0490. The lowest BCUT2D eigenvalue weighted by molar-refractivity contribution is 0.0699. The van der Waals surface area contributed by atoms with Crippen LogP contribution in [0, 0.1) is 0 Å². The fourth-order valence-electron chi connectivity index (χ4n) is 3.09. The summed E-state index contributed by atoms with van der Waals surface area (Å²) in [7, 11) is 0. The number of nitrogens with zero attached hydrogens (tertiary/aromatic N) is 3. The number of thiophene rings is 1. The number of rotatable bonds is 5. The Morgan fingerprint density at radius 3 is 2.70 bits per heavy atom. The second kappa shape index (κ2) is 7.80. The quantitative estimate of drug-likeness (QED) is 0.512. The van der Waals surface area contributed by atoms with Crippen molar-refractivity contribution in [1.29, 1.82) is 0 Å². The largest absolute Gasteiger partial charge is 0.478 e. The molecule has 0 saturated heterocycles. The molecule has 1 aromatic carbocycles. The molecular weight excluding hydrogens is 404 g/mol. The van der Waals surface area contributed by atoms with Crippen molar-refractivity contribution in [3.8, 4) is 0 Å². The Hall–Kier alpha value is -3.98. The first-order valence-electron chi connectivity index (χ1n) is 8.89. The molecule has 30 heavy (non-hydrogen) atoms. The van der Waals surface area contributed by atoms with E-state index in [1.807, 2.05) is 30.3 Å². The van der Waals surface area contributed by atoms with Crippen LogP contribution in [-0.2, 0) is 6.54 Å². The number of aromatic nitrogens is 3. The van der Waals surface area contributed by atoms with Gasteiger partial charge >= 0.3 is 11.7 Å². The summed E-state index contributed by atoms with van der Waals surface area (Å²) in [6, 6.07) is 10.8. The summed E-state index contributed by atoms with van der Waals surface area (Å²) >= 11 is 1.19. The third-order valence-electron chi connectivity index (χ3n) is 4.58. The molecule has 0 aliphatic carbocycles. The third-order valence-corrected chi connectivity index (χ3v) is 5.64. The minimum absolute atomic E-state index is 0.0269. The van der Waals surface area contributed by atoms with Gasteiger partial charge in [-0.25, -0.2) is 14.6 Å². The van der Waals surface area contributed by atoms with Gasteiger partial charge in [0.05, 0.1) is 16.8 Å². The van der Waals surface area contributed by atoms with Gasteiger partial charge in [-0.2, -0.15) is 0 Å². The molecule has 8 nitrogen and oxygen atoms in total. The van der Waals surface area contributed by atoms with E-state index in [0.29, 0.717) is 15.6 Å². The predicted octanol–water partition coefficient (Wildman–Crippen LogP) is 2.58. The topological polar surface area (TPSA) is 120 Å². The molecule has 0 bridgehead atoms. The molecule has 0 unspecified atom stereocenters. The zero-order valence-electron chi connectivity index (χ0n) is 15.6. The highest BCUT2D eigenvalue weighted by Crippen LogP contribution is 2.32. The molecule has 9 heteroatoms. The van der Waals surface area contributed by atoms with Crippen LogP contribution in [0.25, 0.3) is 22.4 Å². The fraction of sp³-hybridized carbons (Fsp3) is 0.0476. The van der Waals surface area contributed by atoms with Gasteiger partial charge in [0.25, 0.3) is 5.56 Å². The molecule has 4 aromatic rings. The summed E-state index contributed by atoms with van der Waals surface area (Å²) in [5.74, 6) is -0.967. The Morgan fingerprint density at radius 1 is 1.20 bits per heavy atom. The van der Waals surface area contributed by atoms with E-state index < -0.39 is 17.2 Å². The number of benzene rings is 1. The van der Waals surface area contributed by atoms with Gasteiger partial charge in [-0.3, -0.25) is 13.9 Å². The van der Waals surface area contributed by atoms with Crippen LogP contribution >= 0.6 is 11.3 Å². The molecule has 0 aliphatic heterocycles. The summed E-state index contributed by atoms with van der Waals surface area (Å²) in [5.41, 5.74) is 6.47. The van der Waals surface area contributed by atoms with Crippen molar-refractivity contribution in [1.82, 2.24) is 14.1 Å². The number of pyridine rings is 1. The molecule has 0 radical (unpaired) electrons. The summed E-state index contributed by atoms with van der Waals surface area (Å²) in [4.78, 5) is 40.6. The van der Waals surface area contributed by atoms with E-state index in [1.165, 1.54) is 34.4 Å². The zero-order chi connectivity index (χ0) is 21.3. The number of hydrogen-bond donors (Lipinski definition) is 2. The maximum absolute atomic E-state index is 12.9. The Balaban J connectivity index is 1.77. The molecule has 3 aromatic heterocycles. The molecule has 0 saturated carbocycles. The van der Waals surface area contributed by atoms with E-state index in [-0.39, 0.29) is 17.9 Å². The van der Waals surface area contributed by atoms with Crippen LogP contribution in [-0.4, -0.2) is 25.2 Å². The summed E-state index contributed by atoms with van der Waals surface area (Å²) in [6.07, 6.45) is 5.95. The zero-order valence-corrected chi connectivity index (χ0v) is 16.4. The maximum Gasteiger partial charge on any atom is 0.338 e. The van der Waals surface area contributed by atoms with Gasteiger partial charge in [-0.05, 0) is 22.6 Å². The summed E-state index contributed by atoms with van der Waals surface area (Å²) in [5, 5.41) is 11.5. The van der Waals surface area contributed by atoms with Crippen LogP contribution in [0.2, 0.25) is 0 Å². The molecule has 0 atom stereocenters. The molecule has 0 fully saturated rings. The molecule has 4 rings (SSSR count). The molecular formula is C21H16N4O4S. The van der Waals surface area contributed by atoms with Crippen LogP contribution < -0.4 is 17.0 Å². The van der Waals surface area contributed by atoms with Crippen LogP contribution in [0.3, 0.4) is 0 Å². The number of carbonyl (C=O) groups is 1. The predicted molar refractivity (Wildman–Crippen MR) is 117 cm³/mol. The molecule has 0 aliphatic rings. The number of aromatic carboxylic acids is 1. The Labute approximate surface area is 173 Å². The number of carboxylic acids is 1. The normalized spacial score (nSPS) is 11.3. The lowest BCUT2D eigenvalue weighted by Gasteiger charge is -2.08. The highest BCUT2D eigenvalue weighted by molar-refractivity contribution is 7.17. The van der Waals surface area contributed by atoms with Crippen molar-refractivity contribution in [3.05, 3.63) is 91.7 Å². The van der Waals surface area contributed by atoms with Gasteiger partial charge in [0.2, 0.25) is 0 Å².